The van der Waals surface area contributed by atoms with Crippen molar-refractivity contribution in [2.45, 2.75) is 6.42 Å². The number of esters is 1. The third-order valence-corrected chi connectivity index (χ3v) is 3.67. The van der Waals surface area contributed by atoms with E-state index in [2.05, 4.69) is 15.4 Å². The number of benzene rings is 2. The molecule has 0 saturated heterocycles. The molecule has 2 rings (SSSR count). The minimum atomic E-state index is -0.575. The average Bonchev–Trinajstić information content (AvgIpc) is 2.62. The fourth-order valence-corrected chi connectivity index (χ4v) is 2.28. The van der Waals surface area contributed by atoms with Gasteiger partial charge in [-0.3, -0.25) is 9.59 Å². The van der Waals surface area contributed by atoms with Crippen LogP contribution in [0.2, 0.25) is 5.02 Å². The van der Waals surface area contributed by atoms with Crippen LogP contribution in [0.25, 0.3) is 0 Å². The van der Waals surface area contributed by atoms with Gasteiger partial charge in [-0.25, -0.2) is 4.79 Å². The molecule has 26 heavy (non-hydrogen) atoms. The molecule has 0 heterocycles. The van der Waals surface area contributed by atoms with Crippen LogP contribution >= 0.6 is 11.6 Å². The van der Waals surface area contributed by atoms with Crippen molar-refractivity contribution in [2.75, 3.05) is 24.9 Å². The van der Waals surface area contributed by atoms with Gasteiger partial charge in [0.15, 0.2) is 0 Å². The molecule has 0 bridgehead atoms. The van der Waals surface area contributed by atoms with Gasteiger partial charge in [0, 0.05) is 11.8 Å². The van der Waals surface area contributed by atoms with Gasteiger partial charge >= 0.3 is 5.97 Å². The quantitative estimate of drug-likeness (QED) is 0.596. The van der Waals surface area contributed by atoms with Gasteiger partial charge in [-0.15, -0.1) is 0 Å². The van der Waals surface area contributed by atoms with E-state index in [1.54, 1.807) is 24.3 Å². The summed E-state index contributed by atoms with van der Waals surface area (Å²) in [6, 6.07) is 11.1. The molecule has 0 atom stereocenters. The number of amides is 2. The first-order chi connectivity index (χ1) is 12.4. The summed E-state index contributed by atoms with van der Waals surface area (Å²) in [5.41, 5.74) is 0.953. The lowest BCUT2D eigenvalue weighted by Crippen LogP contribution is -2.21. The van der Waals surface area contributed by atoms with Crippen LogP contribution in [0, 0.1) is 0 Å². The summed E-state index contributed by atoms with van der Waals surface area (Å²) in [5.74, 6) is -1.06. The number of halogens is 1. The first-order valence-corrected chi connectivity index (χ1v) is 7.92. The number of nitrogens with one attached hydrogen (secondary N) is 2. The van der Waals surface area contributed by atoms with Crippen LogP contribution in [-0.4, -0.2) is 32.0 Å². The van der Waals surface area contributed by atoms with E-state index in [9.17, 15) is 14.4 Å². The summed E-state index contributed by atoms with van der Waals surface area (Å²) in [7, 11) is 2.76. The lowest BCUT2D eigenvalue weighted by molar-refractivity contribution is -0.123. The number of hydrogen-bond donors (Lipinski definition) is 2. The van der Waals surface area contributed by atoms with Crippen molar-refractivity contribution in [3.8, 4) is 5.75 Å². The maximum absolute atomic E-state index is 12.1. The molecule has 2 N–H and O–H groups in total. The zero-order valence-electron chi connectivity index (χ0n) is 14.2. The average molecular weight is 377 g/mol. The summed E-state index contributed by atoms with van der Waals surface area (Å²) in [6.07, 6.45) is -0.421. The van der Waals surface area contributed by atoms with E-state index in [0.717, 1.165) is 0 Å². The topological polar surface area (TPSA) is 93.7 Å². The molecule has 2 aromatic carbocycles. The number of anilines is 2. The first-order valence-electron chi connectivity index (χ1n) is 7.54. The molecule has 0 radical (unpaired) electrons. The molecule has 0 aromatic heterocycles. The second kappa shape index (κ2) is 8.87. The van der Waals surface area contributed by atoms with Crippen molar-refractivity contribution in [3.05, 3.63) is 53.1 Å². The number of ether oxygens (including phenoxy) is 2. The van der Waals surface area contributed by atoms with Gasteiger partial charge in [0.1, 0.15) is 12.2 Å². The van der Waals surface area contributed by atoms with Gasteiger partial charge in [-0.2, -0.15) is 0 Å². The van der Waals surface area contributed by atoms with Crippen LogP contribution in [-0.2, 0) is 14.3 Å². The van der Waals surface area contributed by atoms with Crippen LogP contribution in [0.4, 0.5) is 11.4 Å². The number of carbonyl (C=O) groups is 3. The fourth-order valence-electron chi connectivity index (χ4n) is 2.11. The highest BCUT2D eigenvalue weighted by molar-refractivity contribution is 6.34. The highest BCUT2D eigenvalue weighted by Crippen LogP contribution is 2.24. The zero-order chi connectivity index (χ0) is 19.1. The number of rotatable bonds is 6. The van der Waals surface area contributed by atoms with Crippen molar-refractivity contribution < 1.29 is 23.9 Å². The van der Waals surface area contributed by atoms with Crippen molar-refractivity contribution in [1.82, 2.24) is 0 Å². The smallest absolute Gasteiger partial charge is 0.337 e. The summed E-state index contributed by atoms with van der Waals surface area (Å²) in [6.45, 7) is 0. The maximum atomic E-state index is 12.1. The highest BCUT2D eigenvalue weighted by atomic mass is 35.5. The lowest BCUT2D eigenvalue weighted by atomic mass is 10.2. The van der Waals surface area contributed by atoms with Crippen LogP contribution in [0.5, 0.6) is 5.75 Å². The molecular weight excluding hydrogens is 360 g/mol. The first kappa shape index (κ1) is 19.3. The third kappa shape index (κ3) is 5.22. The lowest BCUT2D eigenvalue weighted by Gasteiger charge is -2.10. The molecule has 8 heteroatoms. The molecule has 0 aliphatic carbocycles. The monoisotopic (exact) mass is 376 g/mol. The van der Waals surface area contributed by atoms with Gasteiger partial charge in [0.05, 0.1) is 30.5 Å². The van der Waals surface area contributed by atoms with Gasteiger partial charge in [-0.1, -0.05) is 17.7 Å². The van der Waals surface area contributed by atoms with Gasteiger partial charge in [0.25, 0.3) is 0 Å². The number of methoxy groups -OCH3 is 2. The Hall–Kier alpha value is -3.06. The van der Waals surface area contributed by atoms with Crippen LogP contribution < -0.4 is 15.4 Å². The largest absolute Gasteiger partial charge is 0.497 e. The second-order valence-corrected chi connectivity index (χ2v) is 5.60. The van der Waals surface area contributed by atoms with E-state index in [1.165, 1.54) is 32.4 Å². The number of carbonyl (C=O) groups excluding carboxylic acids is 3. The fraction of sp³-hybridized carbons (Fsp3) is 0.167. The SMILES string of the molecule is COC(=O)c1ccc(Cl)c(NC(=O)CC(=O)Nc2cccc(OC)c2)c1. The molecule has 0 fully saturated rings. The van der Waals surface area contributed by atoms with Gasteiger partial charge < -0.3 is 20.1 Å². The minimum Gasteiger partial charge on any atom is -0.497 e. The Kier molecular flexibility index (Phi) is 6.57. The van der Waals surface area contributed by atoms with E-state index in [0.29, 0.717) is 11.4 Å². The maximum Gasteiger partial charge on any atom is 0.337 e. The standard InChI is InChI=1S/C18H17ClN2O5/c1-25-13-5-3-4-12(9-13)20-16(22)10-17(23)21-15-8-11(18(24)26-2)6-7-14(15)19/h3-9H,10H2,1-2H3,(H,20,22)(H,21,23). The summed E-state index contributed by atoms with van der Waals surface area (Å²) in [4.78, 5) is 35.6. The molecule has 0 aliphatic rings. The Morgan fingerprint density at radius 3 is 2.42 bits per heavy atom. The van der Waals surface area contributed by atoms with E-state index in [4.69, 9.17) is 16.3 Å². The van der Waals surface area contributed by atoms with Crippen molar-refractivity contribution in [1.29, 1.82) is 0 Å². The van der Waals surface area contributed by atoms with Crippen LogP contribution in [0.15, 0.2) is 42.5 Å². The molecule has 136 valence electrons. The van der Waals surface area contributed by atoms with Crippen LogP contribution in [0.3, 0.4) is 0 Å². The Morgan fingerprint density at radius 2 is 1.73 bits per heavy atom. The van der Waals surface area contributed by atoms with E-state index in [-0.39, 0.29) is 16.3 Å². The second-order valence-electron chi connectivity index (χ2n) is 5.19. The van der Waals surface area contributed by atoms with E-state index in [1.807, 2.05) is 0 Å². The molecule has 0 spiro atoms. The predicted octanol–water partition coefficient (Wildman–Crippen LogP) is 3.10. The molecule has 2 aromatic rings. The van der Waals surface area contributed by atoms with Crippen molar-refractivity contribution >= 4 is 40.8 Å². The van der Waals surface area contributed by atoms with Gasteiger partial charge in [0.2, 0.25) is 11.8 Å². The van der Waals surface area contributed by atoms with Gasteiger partial charge in [-0.05, 0) is 30.3 Å². The molecule has 0 saturated carbocycles. The normalized spacial score (nSPS) is 9.96. The summed E-state index contributed by atoms with van der Waals surface area (Å²) in [5, 5.41) is 5.34. The predicted molar refractivity (Wildman–Crippen MR) is 97.7 cm³/mol. The third-order valence-electron chi connectivity index (χ3n) is 3.34. The van der Waals surface area contributed by atoms with Crippen molar-refractivity contribution in [3.63, 3.8) is 0 Å². The Bertz CT molecular complexity index is 838. The number of hydrogen-bond acceptors (Lipinski definition) is 5. The highest BCUT2D eigenvalue weighted by Gasteiger charge is 2.14. The summed E-state index contributed by atoms with van der Waals surface area (Å²) < 4.78 is 9.68. The van der Waals surface area contributed by atoms with E-state index >= 15 is 0 Å². The zero-order valence-corrected chi connectivity index (χ0v) is 14.9. The van der Waals surface area contributed by atoms with E-state index < -0.39 is 24.2 Å². The molecule has 2 amide bonds. The molecular formula is C18H17ClN2O5. The molecule has 0 aliphatic heterocycles. The Labute approximate surface area is 155 Å². The Morgan fingerprint density at radius 1 is 1.00 bits per heavy atom. The van der Waals surface area contributed by atoms with Crippen molar-refractivity contribution in [2.24, 2.45) is 0 Å². The molecule has 0 unspecified atom stereocenters. The van der Waals surface area contributed by atoms with Crippen LogP contribution in [0.1, 0.15) is 16.8 Å². The summed E-state index contributed by atoms with van der Waals surface area (Å²) >= 11 is 6.01. The Balaban J connectivity index is 1.99. The molecule has 7 nitrogen and oxygen atoms in total. The minimum absolute atomic E-state index is 0.216.